The monoisotopic (exact) mass is 453 g/mol. The van der Waals surface area contributed by atoms with Crippen LogP contribution in [-0.4, -0.2) is 35.9 Å². The number of amidine groups is 1. The average Bonchev–Trinajstić information content (AvgIpc) is 3.23. The first kappa shape index (κ1) is 22.2. The van der Waals surface area contributed by atoms with Crippen molar-refractivity contribution in [3.63, 3.8) is 0 Å². The van der Waals surface area contributed by atoms with Crippen LogP contribution in [0.2, 0.25) is 0 Å². The van der Waals surface area contributed by atoms with E-state index in [1.165, 1.54) is 16.3 Å². The number of nitrogens with two attached hydrogens (primary N) is 2. The maximum atomic E-state index is 13.5. The van der Waals surface area contributed by atoms with Crippen molar-refractivity contribution in [2.24, 2.45) is 16.5 Å². The molecule has 1 amide bonds. The number of aromatic nitrogens is 1. The Morgan fingerprint density at radius 1 is 1.03 bits per heavy atom. The Kier molecular flexibility index (Phi) is 6.07. The Bertz CT molecular complexity index is 1370. The summed E-state index contributed by atoms with van der Waals surface area (Å²) in [5.74, 6) is 0.411. The third-order valence-electron chi connectivity index (χ3n) is 7.02. The molecule has 1 heterocycles. The zero-order valence-electron chi connectivity index (χ0n) is 19.5. The number of carbonyl (C=O) groups is 1. The van der Waals surface area contributed by atoms with Gasteiger partial charge in [0.2, 0.25) is 0 Å². The molecule has 5 rings (SSSR count). The van der Waals surface area contributed by atoms with Gasteiger partial charge in [-0.1, -0.05) is 42.5 Å². The molecule has 1 saturated carbocycles. The lowest BCUT2D eigenvalue weighted by atomic mass is 9.91. The summed E-state index contributed by atoms with van der Waals surface area (Å²) in [5.41, 5.74) is 16.7. The predicted octanol–water partition coefficient (Wildman–Crippen LogP) is 4.25. The summed E-state index contributed by atoms with van der Waals surface area (Å²) >= 11 is 0. The lowest BCUT2D eigenvalue weighted by molar-refractivity contribution is 0.0921. The second-order valence-electron chi connectivity index (χ2n) is 9.25. The molecule has 1 aliphatic carbocycles. The molecule has 34 heavy (non-hydrogen) atoms. The summed E-state index contributed by atoms with van der Waals surface area (Å²) in [6, 6.07) is 21.0. The number of benzene rings is 3. The van der Waals surface area contributed by atoms with Crippen LogP contribution in [0.4, 0.5) is 0 Å². The third-order valence-corrected chi connectivity index (χ3v) is 7.02. The van der Waals surface area contributed by atoms with E-state index < -0.39 is 0 Å². The SMILES string of the molecule is CN=C(N)c1ccc2[nH]c(C(=O)NC3CCC(N)CC3)c(Cc3cccc4ccccc34)c2c1. The van der Waals surface area contributed by atoms with Crippen LogP contribution >= 0.6 is 0 Å². The second-order valence-corrected chi connectivity index (χ2v) is 9.25. The highest BCUT2D eigenvalue weighted by molar-refractivity contribution is 6.05. The number of nitrogens with zero attached hydrogens (tertiary/aromatic N) is 1. The fourth-order valence-electron chi connectivity index (χ4n) is 5.07. The van der Waals surface area contributed by atoms with Gasteiger partial charge in [-0.25, -0.2) is 0 Å². The summed E-state index contributed by atoms with van der Waals surface area (Å²) < 4.78 is 0. The summed E-state index contributed by atoms with van der Waals surface area (Å²) in [6.07, 6.45) is 4.35. The van der Waals surface area contributed by atoms with Gasteiger partial charge in [-0.05, 0) is 65.8 Å². The van der Waals surface area contributed by atoms with Crippen molar-refractivity contribution in [2.45, 2.75) is 44.2 Å². The molecule has 6 heteroatoms. The summed E-state index contributed by atoms with van der Waals surface area (Å²) in [7, 11) is 1.68. The average molecular weight is 454 g/mol. The minimum Gasteiger partial charge on any atom is -0.384 e. The van der Waals surface area contributed by atoms with Gasteiger partial charge in [0, 0.05) is 42.0 Å². The van der Waals surface area contributed by atoms with Gasteiger partial charge in [0.25, 0.3) is 5.91 Å². The van der Waals surface area contributed by atoms with Crippen LogP contribution in [0.3, 0.4) is 0 Å². The Hall–Kier alpha value is -3.64. The Labute approximate surface area is 199 Å². The van der Waals surface area contributed by atoms with E-state index in [9.17, 15) is 4.79 Å². The Morgan fingerprint density at radius 2 is 1.79 bits per heavy atom. The van der Waals surface area contributed by atoms with Crippen molar-refractivity contribution in [2.75, 3.05) is 7.05 Å². The van der Waals surface area contributed by atoms with E-state index in [0.29, 0.717) is 18.0 Å². The molecule has 0 spiro atoms. The fraction of sp³-hybridized carbons (Fsp3) is 0.286. The van der Waals surface area contributed by atoms with E-state index in [2.05, 4.69) is 51.7 Å². The van der Waals surface area contributed by atoms with E-state index in [1.54, 1.807) is 7.05 Å². The minimum atomic E-state index is -0.0643. The highest BCUT2D eigenvalue weighted by Gasteiger charge is 2.24. The number of carbonyl (C=O) groups excluding carboxylic acids is 1. The van der Waals surface area contributed by atoms with Crippen molar-refractivity contribution in [1.29, 1.82) is 0 Å². The van der Waals surface area contributed by atoms with Gasteiger partial charge in [0.1, 0.15) is 11.5 Å². The number of rotatable bonds is 5. The van der Waals surface area contributed by atoms with Gasteiger partial charge in [-0.2, -0.15) is 0 Å². The maximum Gasteiger partial charge on any atom is 0.268 e. The maximum absolute atomic E-state index is 13.5. The van der Waals surface area contributed by atoms with Crippen LogP contribution in [0, 0.1) is 0 Å². The van der Waals surface area contributed by atoms with Gasteiger partial charge in [-0.15, -0.1) is 0 Å². The van der Waals surface area contributed by atoms with Gasteiger partial charge >= 0.3 is 0 Å². The zero-order chi connectivity index (χ0) is 23.7. The van der Waals surface area contributed by atoms with Crippen LogP contribution in [0.5, 0.6) is 0 Å². The van der Waals surface area contributed by atoms with Crippen LogP contribution in [-0.2, 0) is 6.42 Å². The molecule has 6 N–H and O–H groups in total. The number of nitrogens with one attached hydrogen (secondary N) is 2. The standard InChI is InChI=1S/C28H31N5O/c1-31-27(30)19-9-14-25-23(16-19)24(15-18-7-4-6-17-5-2-3-8-22(17)18)26(33-25)28(34)32-21-12-10-20(29)11-13-21/h2-9,14,16,20-21,33H,10-13,15,29H2,1H3,(H2,30,31)(H,32,34). The molecule has 1 aliphatic rings. The van der Waals surface area contributed by atoms with Gasteiger partial charge in [0.15, 0.2) is 0 Å². The lowest BCUT2D eigenvalue weighted by Gasteiger charge is -2.26. The van der Waals surface area contributed by atoms with E-state index >= 15 is 0 Å². The van der Waals surface area contributed by atoms with Crippen molar-refractivity contribution < 1.29 is 4.79 Å². The summed E-state index contributed by atoms with van der Waals surface area (Å²) in [6.45, 7) is 0. The molecular formula is C28H31N5O. The Balaban J connectivity index is 1.58. The molecular weight excluding hydrogens is 422 g/mol. The first-order valence-corrected chi connectivity index (χ1v) is 11.9. The molecule has 3 aromatic carbocycles. The predicted molar refractivity (Wildman–Crippen MR) is 139 cm³/mol. The molecule has 0 saturated heterocycles. The third kappa shape index (κ3) is 4.29. The smallest absolute Gasteiger partial charge is 0.268 e. The zero-order valence-corrected chi connectivity index (χ0v) is 19.5. The highest BCUT2D eigenvalue weighted by Crippen LogP contribution is 2.30. The summed E-state index contributed by atoms with van der Waals surface area (Å²) in [4.78, 5) is 21.0. The van der Waals surface area contributed by atoms with Gasteiger partial charge in [0.05, 0.1) is 0 Å². The number of H-pyrrole nitrogens is 1. The number of amides is 1. The lowest BCUT2D eigenvalue weighted by Crippen LogP contribution is -2.40. The van der Waals surface area contributed by atoms with Crippen molar-refractivity contribution in [1.82, 2.24) is 10.3 Å². The molecule has 0 bridgehead atoms. The number of aromatic amines is 1. The minimum absolute atomic E-state index is 0.0643. The fourth-order valence-corrected chi connectivity index (χ4v) is 5.07. The normalized spacial score (nSPS) is 18.9. The topological polar surface area (TPSA) is 109 Å². The molecule has 0 radical (unpaired) electrons. The number of fused-ring (bicyclic) bond motifs is 2. The quantitative estimate of drug-likeness (QED) is 0.268. The van der Waals surface area contributed by atoms with Crippen LogP contribution in [0.1, 0.15) is 52.9 Å². The van der Waals surface area contributed by atoms with Crippen LogP contribution in [0.15, 0.2) is 65.7 Å². The second kappa shape index (κ2) is 9.31. The van der Waals surface area contributed by atoms with Crippen LogP contribution < -0.4 is 16.8 Å². The highest BCUT2D eigenvalue weighted by atomic mass is 16.2. The summed E-state index contributed by atoms with van der Waals surface area (Å²) in [5, 5.41) is 6.63. The van der Waals surface area contributed by atoms with E-state index in [-0.39, 0.29) is 18.0 Å². The number of aliphatic imine (C=N–C) groups is 1. The molecule has 1 aromatic heterocycles. The molecule has 0 unspecified atom stereocenters. The first-order valence-electron chi connectivity index (χ1n) is 11.9. The van der Waals surface area contributed by atoms with Crippen molar-refractivity contribution >= 4 is 33.4 Å². The number of hydrogen-bond acceptors (Lipinski definition) is 3. The van der Waals surface area contributed by atoms with Crippen LogP contribution in [0.25, 0.3) is 21.7 Å². The molecule has 4 aromatic rings. The molecule has 6 nitrogen and oxygen atoms in total. The van der Waals surface area contributed by atoms with E-state index in [0.717, 1.165) is 47.7 Å². The number of hydrogen-bond donors (Lipinski definition) is 4. The molecule has 174 valence electrons. The molecule has 0 atom stereocenters. The van der Waals surface area contributed by atoms with Crippen molar-refractivity contribution in [3.05, 3.63) is 83.0 Å². The van der Waals surface area contributed by atoms with E-state index in [1.807, 2.05) is 24.3 Å². The van der Waals surface area contributed by atoms with E-state index in [4.69, 9.17) is 11.5 Å². The largest absolute Gasteiger partial charge is 0.384 e. The van der Waals surface area contributed by atoms with Gasteiger partial charge in [-0.3, -0.25) is 9.79 Å². The van der Waals surface area contributed by atoms with Gasteiger partial charge < -0.3 is 21.8 Å². The molecule has 0 aliphatic heterocycles. The van der Waals surface area contributed by atoms with Crippen molar-refractivity contribution in [3.8, 4) is 0 Å². The molecule has 1 fully saturated rings. The Morgan fingerprint density at radius 3 is 2.59 bits per heavy atom. The first-order chi connectivity index (χ1) is 16.5.